The van der Waals surface area contributed by atoms with E-state index in [1.165, 1.54) is 0 Å². The maximum absolute atomic E-state index is 11.7. The molecule has 0 heterocycles. The molecule has 23 heavy (non-hydrogen) atoms. The lowest BCUT2D eigenvalue weighted by Gasteiger charge is -2.26. The van der Waals surface area contributed by atoms with Gasteiger partial charge >= 0.3 is 12.2 Å². The number of rotatable bonds is 6. The minimum Gasteiger partial charge on any atom is -0.444 e. The number of alkyl carbamates (subject to hydrolysis) is 1. The molecule has 7 heteroatoms. The Morgan fingerprint density at radius 1 is 1.26 bits per heavy atom. The molecule has 2 amide bonds. The van der Waals surface area contributed by atoms with Crippen LogP contribution in [-0.2, 0) is 9.47 Å². The van der Waals surface area contributed by atoms with Gasteiger partial charge in [-0.2, -0.15) is 0 Å². The van der Waals surface area contributed by atoms with Crippen molar-refractivity contribution in [3.8, 4) is 0 Å². The van der Waals surface area contributed by atoms with E-state index >= 15 is 0 Å². The van der Waals surface area contributed by atoms with Crippen LogP contribution in [0.2, 0.25) is 0 Å². The van der Waals surface area contributed by atoms with Crippen LogP contribution >= 0.6 is 0 Å². The summed E-state index contributed by atoms with van der Waals surface area (Å²) in [5.74, 6) is -0.558. The molecule has 128 valence electrons. The third-order valence-electron chi connectivity index (χ3n) is 2.94. The van der Waals surface area contributed by atoms with E-state index in [1.807, 2.05) is 6.07 Å². The molecule has 1 aromatic rings. The SMILES string of the molecule is CC(C)(C)OC(=O)NCC(CO)C(OC(N)=O)c1ccccc1. The van der Waals surface area contributed by atoms with Crippen molar-refractivity contribution in [1.29, 1.82) is 0 Å². The zero-order chi connectivity index (χ0) is 17.5. The van der Waals surface area contributed by atoms with Gasteiger partial charge in [0.25, 0.3) is 0 Å². The fourth-order valence-electron chi connectivity index (χ4n) is 2.00. The minimum absolute atomic E-state index is 0.0677. The van der Waals surface area contributed by atoms with Gasteiger partial charge in [-0.3, -0.25) is 0 Å². The number of aliphatic hydroxyl groups is 1. The van der Waals surface area contributed by atoms with Crippen molar-refractivity contribution in [3.05, 3.63) is 35.9 Å². The highest BCUT2D eigenvalue weighted by molar-refractivity contribution is 5.67. The van der Waals surface area contributed by atoms with Crippen LogP contribution in [-0.4, -0.2) is 36.0 Å². The fraction of sp³-hybridized carbons (Fsp3) is 0.500. The lowest BCUT2D eigenvalue weighted by atomic mass is 9.96. The molecule has 1 aromatic carbocycles. The average Bonchev–Trinajstić information content (AvgIpc) is 2.45. The van der Waals surface area contributed by atoms with Gasteiger partial charge in [0.05, 0.1) is 6.61 Å². The minimum atomic E-state index is -0.949. The molecule has 1 rings (SSSR count). The number of amides is 2. The molecule has 0 spiro atoms. The van der Waals surface area contributed by atoms with Crippen LogP contribution in [0.4, 0.5) is 9.59 Å². The smallest absolute Gasteiger partial charge is 0.407 e. The Hall–Kier alpha value is -2.28. The topological polar surface area (TPSA) is 111 Å². The largest absolute Gasteiger partial charge is 0.444 e. The van der Waals surface area contributed by atoms with Crippen molar-refractivity contribution in [3.63, 3.8) is 0 Å². The van der Waals surface area contributed by atoms with Crippen LogP contribution in [0.3, 0.4) is 0 Å². The van der Waals surface area contributed by atoms with Crippen molar-refractivity contribution >= 4 is 12.2 Å². The van der Waals surface area contributed by atoms with Crippen molar-refractivity contribution in [2.75, 3.05) is 13.2 Å². The highest BCUT2D eigenvalue weighted by Crippen LogP contribution is 2.25. The fourth-order valence-corrected chi connectivity index (χ4v) is 2.00. The van der Waals surface area contributed by atoms with Gasteiger partial charge in [-0.1, -0.05) is 30.3 Å². The van der Waals surface area contributed by atoms with Crippen molar-refractivity contribution in [1.82, 2.24) is 5.32 Å². The maximum Gasteiger partial charge on any atom is 0.407 e. The molecule has 0 bridgehead atoms. The number of benzene rings is 1. The quantitative estimate of drug-likeness (QED) is 0.740. The number of nitrogens with one attached hydrogen (secondary N) is 1. The van der Waals surface area contributed by atoms with Crippen LogP contribution in [0.1, 0.15) is 32.4 Å². The second kappa shape index (κ2) is 8.38. The molecule has 2 atom stereocenters. The lowest BCUT2D eigenvalue weighted by molar-refractivity contribution is 0.0337. The second-order valence-electron chi connectivity index (χ2n) is 6.09. The van der Waals surface area contributed by atoms with Crippen LogP contribution in [0.15, 0.2) is 30.3 Å². The van der Waals surface area contributed by atoms with Gasteiger partial charge in [0.2, 0.25) is 0 Å². The molecule has 0 aliphatic heterocycles. The number of carbonyl (C=O) groups is 2. The number of aliphatic hydroxyl groups excluding tert-OH is 1. The summed E-state index contributed by atoms with van der Waals surface area (Å²) in [4.78, 5) is 22.8. The number of ether oxygens (including phenoxy) is 2. The molecular formula is C16H24N2O5. The normalized spacial score (nSPS) is 13.7. The highest BCUT2D eigenvalue weighted by Gasteiger charge is 2.27. The molecule has 4 N–H and O–H groups in total. The summed E-state index contributed by atoms with van der Waals surface area (Å²) in [6.45, 7) is 5.01. The molecule has 0 aliphatic rings. The van der Waals surface area contributed by atoms with Gasteiger partial charge in [0.15, 0.2) is 0 Å². The number of hydrogen-bond acceptors (Lipinski definition) is 5. The van der Waals surface area contributed by atoms with E-state index in [0.29, 0.717) is 5.56 Å². The summed E-state index contributed by atoms with van der Waals surface area (Å²) in [5, 5.41) is 12.2. The first-order valence-corrected chi connectivity index (χ1v) is 7.31. The van der Waals surface area contributed by atoms with Crippen molar-refractivity contribution < 1.29 is 24.2 Å². The zero-order valence-electron chi connectivity index (χ0n) is 13.6. The van der Waals surface area contributed by atoms with Gasteiger partial charge in [0.1, 0.15) is 11.7 Å². The molecule has 0 aromatic heterocycles. The summed E-state index contributed by atoms with van der Waals surface area (Å²) in [5.41, 5.74) is 5.16. The average molecular weight is 324 g/mol. The second-order valence-corrected chi connectivity index (χ2v) is 6.09. The summed E-state index contributed by atoms with van der Waals surface area (Å²) in [6, 6.07) is 8.88. The Bertz CT molecular complexity index is 513. The van der Waals surface area contributed by atoms with E-state index in [2.05, 4.69) is 5.32 Å². The predicted molar refractivity (Wildman–Crippen MR) is 84.7 cm³/mol. The molecule has 0 fully saturated rings. The van der Waals surface area contributed by atoms with Crippen LogP contribution in [0, 0.1) is 5.92 Å². The van der Waals surface area contributed by atoms with E-state index in [1.54, 1.807) is 45.0 Å². The van der Waals surface area contributed by atoms with Gasteiger partial charge in [0, 0.05) is 12.5 Å². The number of primary amides is 1. The molecule has 0 saturated heterocycles. The zero-order valence-corrected chi connectivity index (χ0v) is 13.6. The third kappa shape index (κ3) is 7.01. The molecule has 7 nitrogen and oxygen atoms in total. The monoisotopic (exact) mass is 324 g/mol. The number of nitrogens with two attached hydrogens (primary N) is 1. The molecule has 2 unspecified atom stereocenters. The number of carbonyl (C=O) groups excluding carboxylic acids is 2. The van der Waals surface area contributed by atoms with Crippen LogP contribution < -0.4 is 11.1 Å². The predicted octanol–water partition coefficient (Wildman–Crippen LogP) is 1.96. The summed E-state index contributed by atoms with van der Waals surface area (Å²) in [6.07, 6.45) is -2.33. The third-order valence-corrected chi connectivity index (χ3v) is 2.94. The van der Waals surface area contributed by atoms with E-state index in [-0.39, 0.29) is 13.2 Å². The van der Waals surface area contributed by atoms with Crippen LogP contribution in [0.25, 0.3) is 0 Å². The van der Waals surface area contributed by atoms with E-state index < -0.39 is 29.8 Å². The maximum atomic E-state index is 11.7. The van der Waals surface area contributed by atoms with Gasteiger partial charge in [-0.05, 0) is 26.3 Å². The van der Waals surface area contributed by atoms with Gasteiger partial charge in [-0.25, -0.2) is 9.59 Å². The standard InChI is InChI=1S/C16H24N2O5/c1-16(2,3)23-15(21)18-9-12(10-19)13(22-14(17)20)11-7-5-4-6-8-11/h4-8,12-13,19H,9-10H2,1-3H3,(H2,17,20)(H,18,21). The Balaban J connectivity index is 2.77. The molecule has 0 saturated carbocycles. The van der Waals surface area contributed by atoms with Crippen molar-refractivity contribution in [2.24, 2.45) is 11.7 Å². The Kier molecular flexibility index (Phi) is 6.84. The van der Waals surface area contributed by atoms with Crippen LogP contribution in [0.5, 0.6) is 0 Å². The molecule has 0 aliphatic carbocycles. The first-order chi connectivity index (χ1) is 10.7. The summed E-state index contributed by atoms with van der Waals surface area (Å²) >= 11 is 0. The van der Waals surface area contributed by atoms with Gasteiger partial charge < -0.3 is 25.6 Å². The van der Waals surface area contributed by atoms with E-state index in [9.17, 15) is 14.7 Å². The van der Waals surface area contributed by atoms with E-state index in [4.69, 9.17) is 15.2 Å². The van der Waals surface area contributed by atoms with E-state index in [0.717, 1.165) is 0 Å². The summed E-state index contributed by atoms with van der Waals surface area (Å²) < 4.78 is 10.2. The first-order valence-electron chi connectivity index (χ1n) is 7.31. The lowest BCUT2D eigenvalue weighted by Crippen LogP contribution is -2.38. The Labute approximate surface area is 135 Å². The Morgan fingerprint density at radius 3 is 2.35 bits per heavy atom. The highest BCUT2D eigenvalue weighted by atomic mass is 16.6. The summed E-state index contributed by atoms with van der Waals surface area (Å²) in [7, 11) is 0. The van der Waals surface area contributed by atoms with Crippen molar-refractivity contribution in [2.45, 2.75) is 32.5 Å². The number of hydrogen-bond donors (Lipinski definition) is 3. The first kappa shape index (κ1) is 18.8. The molecule has 0 radical (unpaired) electrons. The molecular weight excluding hydrogens is 300 g/mol. The van der Waals surface area contributed by atoms with Gasteiger partial charge in [-0.15, -0.1) is 0 Å². The Morgan fingerprint density at radius 2 is 1.87 bits per heavy atom.